The van der Waals surface area contributed by atoms with Crippen LogP contribution in [-0.4, -0.2) is 35.1 Å². The minimum atomic E-state index is -0.858. The van der Waals surface area contributed by atoms with Crippen LogP contribution in [0.1, 0.15) is 6.92 Å². The van der Waals surface area contributed by atoms with Crippen molar-refractivity contribution in [2.75, 3.05) is 18.4 Å². The van der Waals surface area contributed by atoms with Crippen molar-refractivity contribution in [3.63, 3.8) is 0 Å². The first-order valence-corrected chi connectivity index (χ1v) is 6.91. The highest BCUT2D eigenvalue weighted by Crippen LogP contribution is 2.27. The van der Waals surface area contributed by atoms with Crippen LogP contribution in [0, 0.1) is 17.7 Å². The number of carboxylic acids is 1. The third-order valence-corrected chi connectivity index (χ3v) is 4.16. The summed E-state index contributed by atoms with van der Waals surface area (Å²) in [4.78, 5) is 24.2. The molecule has 1 fully saturated rings. The topological polar surface area (TPSA) is 69.6 Å². The fourth-order valence-electron chi connectivity index (χ4n) is 1.98. The summed E-state index contributed by atoms with van der Waals surface area (Å²) in [6, 6.07) is 3.66. The molecule has 0 radical (unpaired) electrons. The molecule has 108 valence electrons. The minimum absolute atomic E-state index is 0.0331. The number of benzene rings is 1. The molecule has 2 N–H and O–H groups in total. The van der Waals surface area contributed by atoms with E-state index in [4.69, 9.17) is 5.11 Å². The van der Waals surface area contributed by atoms with Crippen LogP contribution >= 0.6 is 15.9 Å². The van der Waals surface area contributed by atoms with Gasteiger partial charge in [0, 0.05) is 23.5 Å². The van der Waals surface area contributed by atoms with Crippen molar-refractivity contribution in [3.8, 4) is 0 Å². The molecule has 1 heterocycles. The van der Waals surface area contributed by atoms with Gasteiger partial charge in [-0.1, -0.05) is 6.92 Å². The Labute approximate surface area is 123 Å². The average Bonchev–Trinajstić information content (AvgIpc) is 2.31. The Hall–Kier alpha value is -1.63. The molecule has 1 aliphatic rings. The van der Waals surface area contributed by atoms with E-state index in [1.54, 1.807) is 6.92 Å². The average molecular weight is 345 g/mol. The molecule has 20 heavy (non-hydrogen) atoms. The van der Waals surface area contributed by atoms with Crippen molar-refractivity contribution in [2.45, 2.75) is 6.92 Å². The highest BCUT2D eigenvalue weighted by molar-refractivity contribution is 9.10. The zero-order chi connectivity index (χ0) is 14.9. The molecule has 2 amide bonds. The van der Waals surface area contributed by atoms with E-state index in [2.05, 4.69) is 21.2 Å². The number of likely N-dealkylation sites (tertiary alicyclic amines) is 1. The quantitative estimate of drug-likeness (QED) is 0.885. The molecule has 0 bridgehead atoms. The molecule has 0 aromatic heterocycles. The van der Waals surface area contributed by atoms with Gasteiger partial charge in [0.05, 0.1) is 11.6 Å². The molecule has 0 spiro atoms. The third kappa shape index (κ3) is 3.09. The van der Waals surface area contributed by atoms with Crippen molar-refractivity contribution >= 4 is 33.6 Å². The maximum atomic E-state index is 13.1. The van der Waals surface area contributed by atoms with E-state index >= 15 is 0 Å². The second-order valence-electron chi connectivity index (χ2n) is 4.85. The first-order chi connectivity index (χ1) is 9.38. The smallest absolute Gasteiger partial charge is 0.321 e. The van der Waals surface area contributed by atoms with Gasteiger partial charge in [-0.2, -0.15) is 0 Å². The molecule has 7 heteroatoms. The summed E-state index contributed by atoms with van der Waals surface area (Å²) in [7, 11) is 0. The number of carboxylic acid groups (broad SMARTS) is 1. The summed E-state index contributed by atoms with van der Waals surface area (Å²) < 4.78 is 13.7. The Kier molecular flexibility index (Phi) is 4.27. The zero-order valence-corrected chi connectivity index (χ0v) is 12.4. The number of amides is 2. The van der Waals surface area contributed by atoms with E-state index in [-0.39, 0.29) is 11.9 Å². The Balaban J connectivity index is 1.92. The highest BCUT2D eigenvalue weighted by Gasteiger charge is 2.37. The number of nitrogens with one attached hydrogen (secondary N) is 1. The van der Waals surface area contributed by atoms with E-state index in [9.17, 15) is 14.0 Å². The SMILES string of the molecule is CC(C(=O)O)C1CN(C(=O)Nc2cc(F)ccc2Br)C1. The predicted octanol–water partition coefficient (Wildman–Crippen LogP) is 2.77. The highest BCUT2D eigenvalue weighted by atomic mass is 79.9. The molecule has 2 rings (SSSR count). The van der Waals surface area contributed by atoms with Crippen LogP contribution in [0.5, 0.6) is 0 Å². The zero-order valence-electron chi connectivity index (χ0n) is 10.8. The Morgan fingerprint density at radius 2 is 2.15 bits per heavy atom. The lowest BCUT2D eigenvalue weighted by Crippen LogP contribution is -2.54. The molecular formula is C13H14BrFN2O3. The second kappa shape index (κ2) is 5.78. The summed E-state index contributed by atoms with van der Waals surface area (Å²) in [6.45, 7) is 2.42. The Bertz CT molecular complexity index is 546. The molecule has 1 aromatic rings. The molecule has 1 unspecified atom stereocenters. The van der Waals surface area contributed by atoms with Gasteiger partial charge < -0.3 is 15.3 Å². The third-order valence-electron chi connectivity index (χ3n) is 3.46. The minimum Gasteiger partial charge on any atom is -0.481 e. The lowest BCUT2D eigenvalue weighted by molar-refractivity contribution is -0.144. The maximum Gasteiger partial charge on any atom is 0.321 e. The molecule has 1 aliphatic heterocycles. The molecule has 5 nitrogen and oxygen atoms in total. The summed E-state index contributed by atoms with van der Waals surface area (Å²) in [5.74, 6) is -1.80. The Morgan fingerprint density at radius 1 is 1.50 bits per heavy atom. The lowest BCUT2D eigenvalue weighted by Gasteiger charge is -2.41. The number of hydrogen-bond donors (Lipinski definition) is 2. The molecule has 1 saturated heterocycles. The van der Waals surface area contributed by atoms with E-state index < -0.39 is 17.7 Å². The summed E-state index contributed by atoms with van der Waals surface area (Å²) in [6.07, 6.45) is 0. The molecule has 0 aliphatic carbocycles. The summed E-state index contributed by atoms with van der Waals surface area (Å²) in [5.41, 5.74) is 0.352. The summed E-state index contributed by atoms with van der Waals surface area (Å²) in [5, 5.41) is 11.5. The molecule has 0 saturated carbocycles. The van der Waals surface area contributed by atoms with Gasteiger partial charge in [0.25, 0.3) is 0 Å². The van der Waals surface area contributed by atoms with Gasteiger partial charge in [0.1, 0.15) is 5.82 Å². The van der Waals surface area contributed by atoms with Gasteiger partial charge in [-0.05, 0) is 34.1 Å². The monoisotopic (exact) mass is 344 g/mol. The first-order valence-electron chi connectivity index (χ1n) is 6.12. The number of halogens is 2. The second-order valence-corrected chi connectivity index (χ2v) is 5.70. The van der Waals surface area contributed by atoms with Crippen LogP contribution in [0.25, 0.3) is 0 Å². The molecule has 1 atom stereocenters. The van der Waals surface area contributed by atoms with Gasteiger partial charge in [0.15, 0.2) is 0 Å². The maximum absolute atomic E-state index is 13.1. The Morgan fingerprint density at radius 3 is 2.75 bits per heavy atom. The van der Waals surface area contributed by atoms with Crippen LogP contribution in [0.15, 0.2) is 22.7 Å². The van der Waals surface area contributed by atoms with Crippen LogP contribution < -0.4 is 5.32 Å². The normalized spacial score (nSPS) is 16.4. The van der Waals surface area contributed by atoms with E-state index in [0.717, 1.165) is 0 Å². The van der Waals surface area contributed by atoms with Crippen LogP contribution in [0.3, 0.4) is 0 Å². The predicted molar refractivity (Wildman–Crippen MR) is 75.0 cm³/mol. The van der Waals surface area contributed by atoms with Gasteiger partial charge in [-0.15, -0.1) is 0 Å². The van der Waals surface area contributed by atoms with Crippen molar-refractivity contribution < 1.29 is 19.1 Å². The number of urea groups is 1. The van der Waals surface area contributed by atoms with Crippen molar-refractivity contribution in [1.29, 1.82) is 0 Å². The van der Waals surface area contributed by atoms with Crippen molar-refractivity contribution in [3.05, 3.63) is 28.5 Å². The van der Waals surface area contributed by atoms with Crippen molar-refractivity contribution in [2.24, 2.45) is 11.8 Å². The van der Waals surface area contributed by atoms with Crippen LogP contribution in [-0.2, 0) is 4.79 Å². The van der Waals surface area contributed by atoms with Crippen LogP contribution in [0.2, 0.25) is 0 Å². The fourth-order valence-corrected chi connectivity index (χ4v) is 2.33. The van der Waals surface area contributed by atoms with Gasteiger partial charge in [-0.3, -0.25) is 4.79 Å². The fraction of sp³-hybridized carbons (Fsp3) is 0.385. The van der Waals surface area contributed by atoms with Gasteiger partial charge >= 0.3 is 12.0 Å². The molecular weight excluding hydrogens is 331 g/mol. The molecule has 1 aromatic carbocycles. The largest absolute Gasteiger partial charge is 0.481 e. The van der Waals surface area contributed by atoms with Crippen molar-refractivity contribution in [1.82, 2.24) is 4.90 Å². The van der Waals surface area contributed by atoms with Gasteiger partial charge in [-0.25, -0.2) is 9.18 Å². The van der Waals surface area contributed by atoms with E-state index in [1.165, 1.54) is 23.1 Å². The number of hydrogen-bond acceptors (Lipinski definition) is 2. The number of carbonyl (C=O) groups is 2. The van der Waals surface area contributed by atoms with Gasteiger partial charge in [0.2, 0.25) is 0 Å². The number of aliphatic carboxylic acids is 1. The lowest BCUT2D eigenvalue weighted by atomic mass is 9.87. The first kappa shape index (κ1) is 14.8. The summed E-state index contributed by atoms with van der Waals surface area (Å²) >= 11 is 3.22. The van der Waals surface area contributed by atoms with E-state index in [1.807, 2.05) is 0 Å². The number of carbonyl (C=O) groups excluding carboxylic acids is 1. The van der Waals surface area contributed by atoms with E-state index in [0.29, 0.717) is 23.2 Å². The number of nitrogens with zero attached hydrogens (tertiary/aromatic N) is 1. The number of anilines is 1. The standard InChI is InChI=1S/C13H14BrFN2O3/c1-7(12(18)19)8-5-17(6-8)13(20)16-11-4-9(15)2-3-10(11)14/h2-4,7-8H,5-6H2,1H3,(H,16,20)(H,18,19). The number of rotatable bonds is 3. The van der Waals surface area contributed by atoms with Crippen LogP contribution in [0.4, 0.5) is 14.9 Å².